The van der Waals surface area contributed by atoms with Crippen LogP contribution in [-0.2, 0) is 0 Å². The van der Waals surface area contributed by atoms with E-state index < -0.39 is 0 Å². The molecule has 1 amide bonds. The summed E-state index contributed by atoms with van der Waals surface area (Å²) in [5, 5.41) is 3.80. The molecule has 1 aromatic heterocycles. The van der Waals surface area contributed by atoms with Crippen LogP contribution in [0, 0.1) is 0 Å². The molecule has 0 atom stereocenters. The third kappa shape index (κ3) is 1.73. The van der Waals surface area contributed by atoms with E-state index >= 15 is 0 Å². The molecule has 96 valence electrons. The lowest BCUT2D eigenvalue weighted by atomic mass is 10.1. The molecule has 0 spiro atoms. The Hall–Kier alpha value is -2.46. The van der Waals surface area contributed by atoms with Gasteiger partial charge in [-0.25, -0.2) is 4.98 Å². The van der Waals surface area contributed by atoms with Crippen LogP contribution in [0.1, 0.15) is 20.9 Å². The Morgan fingerprint density at radius 2 is 1.75 bits per heavy atom. The Balaban J connectivity index is 1.83. The van der Waals surface area contributed by atoms with E-state index in [1.807, 2.05) is 48.5 Å². The fourth-order valence-corrected chi connectivity index (χ4v) is 3.27. The number of carbonyl (C=O) groups excluding carboxylic acids is 1. The number of carbonyl (C=O) groups is 1. The molecule has 1 N–H and O–H groups in total. The van der Waals surface area contributed by atoms with E-state index in [1.165, 1.54) is 0 Å². The van der Waals surface area contributed by atoms with Gasteiger partial charge >= 0.3 is 0 Å². The maximum atomic E-state index is 11.9. The minimum atomic E-state index is -0.0482. The van der Waals surface area contributed by atoms with Crippen LogP contribution >= 0.6 is 11.3 Å². The number of rotatable bonds is 1. The van der Waals surface area contributed by atoms with Crippen LogP contribution in [-0.4, -0.2) is 10.9 Å². The molecule has 1 aliphatic rings. The second-order valence-corrected chi connectivity index (χ2v) is 5.64. The average Bonchev–Trinajstić information content (AvgIpc) is 3.01. The highest BCUT2D eigenvalue weighted by atomic mass is 32.1. The number of para-hydroxylation sites is 1. The number of nitrogens with zero attached hydrogens (tertiary/aromatic N) is 1. The van der Waals surface area contributed by atoms with Crippen molar-refractivity contribution in [1.82, 2.24) is 10.3 Å². The Labute approximate surface area is 119 Å². The van der Waals surface area contributed by atoms with Gasteiger partial charge in [0.15, 0.2) is 0 Å². The van der Waals surface area contributed by atoms with Crippen LogP contribution in [0.25, 0.3) is 22.0 Å². The van der Waals surface area contributed by atoms with Gasteiger partial charge in [-0.05, 0) is 24.3 Å². The number of fused-ring (bicyclic) bond motifs is 2. The molecule has 0 unspecified atom stereocenters. The summed E-state index contributed by atoms with van der Waals surface area (Å²) in [7, 11) is 0. The van der Waals surface area contributed by atoms with Crippen LogP contribution in [0.15, 0.2) is 48.5 Å². The van der Waals surface area contributed by atoms with Gasteiger partial charge in [-0.3, -0.25) is 4.79 Å². The number of amides is 1. The average molecular weight is 278 g/mol. The van der Waals surface area contributed by atoms with Crippen LogP contribution in [0.5, 0.6) is 0 Å². The molecule has 0 fully saturated rings. The number of hydrogen-bond donors (Lipinski definition) is 1. The SMILES string of the molecule is O=C1N/C(=C\c2nc3ccccc3s2)c2ccccc21. The number of aromatic nitrogens is 1. The van der Waals surface area contributed by atoms with Gasteiger partial charge in [0.05, 0.1) is 15.9 Å². The molecule has 0 bridgehead atoms. The summed E-state index contributed by atoms with van der Waals surface area (Å²) in [4.78, 5) is 16.4. The van der Waals surface area contributed by atoms with Crippen molar-refractivity contribution in [2.24, 2.45) is 0 Å². The van der Waals surface area contributed by atoms with Gasteiger partial charge in [0.2, 0.25) is 0 Å². The molecule has 0 saturated heterocycles. The van der Waals surface area contributed by atoms with Gasteiger partial charge in [0, 0.05) is 11.1 Å². The van der Waals surface area contributed by atoms with Crippen molar-refractivity contribution in [3.05, 3.63) is 64.7 Å². The van der Waals surface area contributed by atoms with Gasteiger partial charge in [0.25, 0.3) is 5.91 Å². The lowest BCUT2D eigenvalue weighted by Crippen LogP contribution is -2.11. The van der Waals surface area contributed by atoms with Crippen LogP contribution in [0.2, 0.25) is 0 Å². The standard InChI is InChI=1S/C16H10N2OS/c19-16-11-6-2-1-5-10(11)13(18-16)9-15-17-12-7-3-4-8-14(12)20-15/h1-9H,(H,18,19)/b13-9-. The number of thiazole rings is 1. The number of nitrogens with one attached hydrogen (secondary N) is 1. The summed E-state index contributed by atoms with van der Waals surface area (Å²) < 4.78 is 1.15. The Kier molecular flexibility index (Phi) is 2.44. The molecule has 0 radical (unpaired) electrons. The first kappa shape index (κ1) is 11.4. The van der Waals surface area contributed by atoms with Crippen molar-refractivity contribution in [2.75, 3.05) is 0 Å². The topological polar surface area (TPSA) is 42.0 Å². The zero-order valence-electron chi connectivity index (χ0n) is 10.5. The van der Waals surface area contributed by atoms with Crippen molar-refractivity contribution in [3.8, 4) is 0 Å². The molecule has 0 aliphatic carbocycles. The first-order valence-electron chi connectivity index (χ1n) is 6.29. The van der Waals surface area contributed by atoms with Gasteiger partial charge in [-0.2, -0.15) is 0 Å². The summed E-state index contributed by atoms with van der Waals surface area (Å²) in [5.41, 5.74) is 3.48. The highest BCUT2D eigenvalue weighted by Crippen LogP contribution is 2.29. The molecule has 1 aliphatic heterocycles. The van der Waals surface area contributed by atoms with Gasteiger partial charge < -0.3 is 5.32 Å². The summed E-state index contributed by atoms with van der Waals surface area (Å²) >= 11 is 1.62. The normalized spacial score (nSPS) is 15.6. The highest BCUT2D eigenvalue weighted by molar-refractivity contribution is 7.19. The molecule has 0 saturated carbocycles. The van der Waals surface area contributed by atoms with Crippen LogP contribution in [0.4, 0.5) is 0 Å². The predicted octanol–water partition coefficient (Wildman–Crippen LogP) is 3.54. The van der Waals surface area contributed by atoms with Crippen molar-refractivity contribution in [1.29, 1.82) is 0 Å². The zero-order chi connectivity index (χ0) is 13.5. The van der Waals surface area contributed by atoms with Gasteiger partial charge in [-0.15, -0.1) is 11.3 Å². The van der Waals surface area contributed by atoms with E-state index in [0.717, 1.165) is 32.0 Å². The molecule has 4 rings (SSSR count). The van der Waals surface area contributed by atoms with Crippen molar-refractivity contribution in [3.63, 3.8) is 0 Å². The van der Waals surface area contributed by atoms with E-state index in [9.17, 15) is 4.79 Å². The second-order valence-electron chi connectivity index (χ2n) is 4.58. The van der Waals surface area contributed by atoms with Crippen molar-refractivity contribution in [2.45, 2.75) is 0 Å². The van der Waals surface area contributed by atoms with Crippen LogP contribution < -0.4 is 5.32 Å². The van der Waals surface area contributed by atoms with Crippen molar-refractivity contribution < 1.29 is 4.79 Å². The third-order valence-electron chi connectivity index (χ3n) is 3.29. The summed E-state index contributed by atoms with van der Waals surface area (Å²) in [6.45, 7) is 0. The maximum absolute atomic E-state index is 11.9. The monoisotopic (exact) mass is 278 g/mol. The summed E-state index contributed by atoms with van der Waals surface area (Å²) in [6.07, 6.45) is 1.94. The van der Waals surface area contributed by atoms with E-state index in [0.29, 0.717) is 0 Å². The second kappa shape index (κ2) is 4.28. The Morgan fingerprint density at radius 3 is 2.60 bits per heavy atom. The highest BCUT2D eigenvalue weighted by Gasteiger charge is 2.22. The Morgan fingerprint density at radius 1 is 1.00 bits per heavy atom. The molecular formula is C16H10N2OS. The first-order valence-corrected chi connectivity index (χ1v) is 7.11. The molecular weight excluding hydrogens is 268 g/mol. The van der Waals surface area contributed by atoms with Gasteiger partial charge in [-0.1, -0.05) is 30.3 Å². The Bertz CT molecular complexity index is 831. The van der Waals surface area contributed by atoms with E-state index in [4.69, 9.17) is 0 Å². The number of hydrogen-bond acceptors (Lipinski definition) is 3. The minimum absolute atomic E-state index is 0.0482. The molecule has 3 aromatic rings. The summed E-state index contributed by atoms with van der Waals surface area (Å²) in [6, 6.07) is 15.6. The minimum Gasteiger partial charge on any atom is -0.321 e. The van der Waals surface area contributed by atoms with Gasteiger partial charge in [0.1, 0.15) is 5.01 Å². The van der Waals surface area contributed by atoms with Crippen LogP contribution in [0.3, 0.4) is 0 Å². The number of benzene rings is 2. The molecule has 2 heterocycles. The maximum Gasteiger partial charge on any atom is 0.256 e. The largest absolute Gasteiger partial charge is 0.321 e. The lowest BCUT2D eigenvalue weighted by Gasteiger charge is -1.97. The molecule has 20 heavy (non-hydrogen) atoms. The quantitative estimate of drug-likeness (QED) is 0.739. The fourth-order valence-electron chi connectivity index (χ4n) is 2.36. The summed E-state index contributed by atoms with van der Waals surface area (Å²) in [5.74, 6) is -0.0482. The van der Waals surface area contributed by atoms with E-state index in [2.05, 4.69) is 16.4 Å². The smallest absolute Gasteiger partial charge is 0.256 e. The van der Waals surface area contributed by atoms with E-state index in [1.54, 1.807) is 11.3 Å². The fraction of sp³-hybridized carbons (Fsp3) is 0. The predicted molar refractivity (Wildman–Crippen MR) is 81.4 cm³/mol. The third-order valence-corrected chi connectivity index (χ3v) is 4.27. The zero-order valence-corrected chi connectivity index (χ0v) is 11.3. The molecule has 2 aromatic carbocycles. The van der Waals surface area contributed by atoms with E-state index in [-0.39, 0.29) is 5.91 Å². The lowest BCUT2D eigenvalue weighted by molar-refractivity contribution is 0.0981. The first-order chi connectivity index (χ1) is 9.81. The van der Waals surface area contributed by atoms with Crippen molar-refractivity contribution >= 4 is 39.2 Å². The molecule has 4 heteroatoms. The molecule has 3 nitrogen and oxygen atoms in total.